The van der Waals surface area contributed by atoms with E-state index in [0.29, 0.717) is 18.8 Å². The summed E-state index contributed by atoms with van der Waals surface area (Å²) in [5, 5.41) is 10.3. The van der Waals surface area contributed by atoms with Gasteiger partial charge in [-0.1, -0.05) is 24.3 Å². The lowest BCUT2D eigenvalue weighted by molar-refractivity contribution is -0.132. The molecule has 9 heteroatoms. The second-order valence-electron chi connectivity index (χ2n) is 8.45. The molecule has 2 unspecified atom stereocenters. The van der Waals surface area contributed by atoms with Gasteiger partial charge < -0.3 is 10.6 Å². The van der Waals surface area contributed by atoms with Crippen LogP contribution in [0, 0.1) is 25.5 Å². The molecule has 1 fully saturated rings. The summed E-state index contributed by atoms with van der Waals surface area (Å²) in [5.74, 6) is -1.96. The first kappa shape index (κ1) is 23.6. The third-order valence-corrected chi connectivity index (χ3v) is 6.09. The second-order valence-corrected chi connectivity index (χ2v) is 8.45. The van der Waals surface area contributed by atoms with E-state index in [1.165, 1.54) is 6.07 Å². The molecular formula is C25H27F2N5O2. The van der Waals surface area contributed by atoms with Gasteiger partial charge in [-0.2, -0.15) is 5.10 Å². The fourth-order valence-corrected chi connectivity index (χ4v) is 4.47. The Kier molecular flexibility index (Phi) is 6.74. The van der Waals surface area contributed by atoms with Crippen molar-refractivity contribution in [1.82, 2.24) is 25.3 Å². The van der Waals surface area contributed by atoms with Crippen molar-refractivity contribution in [2.24, 2.45) is 0 Å². The number of nitrogens with one attached hydrogen (secondary N) is 2. The number of carbonyl (C=O) groups excluding carboxylic acids is 2. The van der Waals surface area contributed by atoms with Crippen LogP contribution >= 0.6 is 0 Å². The fraction of sp³-hybridized carbons (Fsp3) is 0.320. The van der Waals surface area contributed by atoms with E-state index in [2.05, 4.69) is 15.7 Å². The molecule has 7 nitrogen and oxygen atoms in total. The molecule has 2 aromatic carbocycles. The van der Waals surface area contributed by atoms with E-state index in [1.54, 1.807) is 16.5 Å². The highest BCUT2D eigenvalue weighted by atomic mass is 19.1. The van der Waals surface area contributed by atoms with Gasteiger partial charge in [0.2, 0.25) is 11.8 Å². The summed E-state index contributed by atoms with van der Waals surface area (Å²) >= 11 is 0. The molecular weight excluding hydrogens is 440 g/mol. The summed E-state index contributed by atoms with van der Waals surface area (Å²) in [6.07, 6.45) is 0. The van der Waals surface area contributed by atoms with Crippen LogP contribution in [0.2, 0.25) is 0 Å². The molecule has 2 N–H and O–H groups in total. The number of halogens is 2. The first-order chi connectivity index (χ1) is 16.3. The third-order valence-electron chi connectivity index (χ3n) is 6.09. The monoisotopic (exact) mass is 467 g/mol. The van der Waals surface area contributed by atoms with Crippen molar-refractivity contribution < 1.29 is 18.4 Å². The summed E-state index contributed by atoms with van der Waals surface area (Å²) in [6.45, 7) is 6.21. The molecule has 178 valence electrons. The molecule has 1 saturated heterocycles. The maximum Gasteiger partial charge on any atom is 0.242 e. The third kappa shape index (κ3) is 4.70. The van der Waals surface area contributed by atoms with Crippen molar-refractivity contribution in [3.63, 3.8) is 0 Å². The van der Waals surface area contributed by atoms with Crippen LogP contribution in [0.25, 0.3) is 5.69 Å². The molecule has 34 heavy (non-hydrogen) atoms. The van der Waals surface area contributed by atoms with Crippen LogP contribution in [0.15, 0.2) is 48.5 Å². The number of nitrogens with zero attached hydrogens (tertiary/aromatic N) is 3. The Morgan fingerprint density at radius 2 is 1.94 bits per heavy atom. The Labute approximate surface area is 196 Å². The first-order valence-corrected chi connectivity index (χ1v) is 11.1. The van der Waals surface area contributed by atoms with Crippen LogP contribution in [0.3, 0.4) is 0 Å². The number of carbonyl (C=O) groups is 2. The van der Waals surface area contributed by atoms with Crippen LogP contribution in [-0.4, -0.2) is 46.1 Å². The lowest BCUT2D eigenvalue weighted by atomic mass is 10.00. The normalized spacial score (nSPS) is 17.3. The molecule has 0 radical (unpaired) electrons. The number of piperazine rings is 1. The minimum Gasteiger partial charge on any atom is -0.353 e. The van der Waals surface area contributed by atoms with Gasteiger partial charge in [0.1, 0.15) is 17.7 Å². The van der Waals surface area contributed by atoms with Crippen LogP contribution < -0.4 is 10.6 Å². The molecule has 0 aliphatic carbocycles. The average Bonchev–Trinajstić information content (AvgIpc) is 3.08. The van der Waals surface area contributed by atoms with E-state index in [4.69, 9.17) is 0 Å². The largest absolute Gasteiger partial charge is 0.353 e. The number of para-hydroxylation sites is 1. The van der Waals surface area contributed by atoms with E-state index < -0.39 is 23.7 Å². The lowest BCUT2D eigenvalue weighted by Gasteiger charge is -2.35. The first-order valence-electron chi connectivity index (χ1n) is 11.1. The Hall–Kier alpha value is -3.59. The molecule has 1 aliphatic heterocycles. The number of amides is 2. The van der Waals surface area contributed by atoms with Crippen LogP contribution in [-0.2, 0) is 9.59 Å². The average molecular weight is 468 g/mol. The van der Waals surface area contributed by atoms with Crippen molar-refractivity contribution in [3.8, 4) is 5.69 Å². The molecule has 0 saturated carbocycles. The van der Waals surface area contributed by atoms with Gasteiger partial charge in [0.25, 0.3) is 0 Å². The number of rotatable bonds is 6. The van der Waals surface area contributed by atoms with Gasteiger partial charge in [0, 0.05) is 36.0 Å². The van der Waals surface area contributed by atoms with Gasteiger partial charge in [-0.05, 0) is 39.0 Å². The maximum atomic E-state index is 14.1. The van der Waals surface area contributed by atoms with Gasteiger partial charge in [-0.25, -0.2) is 13.5 Å². The zero-order chi connectivity index (χ0) is 24.4. The number of benzene rings is 2. The lowest BCUT2D eigenvalue weighted by Crippen LogP contribution is -2.53. The van der Waals surface area contributed by atoms with Crippen LogP contribution in [0.5, 0.6) is 0 Å². The molecule has 1 aromatic heterocycles. The van der Waals surface area contributed by atoms with Gasteiger partial charge in [0.05, 0.1) is 24.0 Å². The van der Waals surface area contributed by atoms with Crippen molar-refractivity contribution in [2.45, 2.75) is 32.9 Å². The Balaban J connectivity index is 1.56. The van der Waals surface area contributed by atoms with E-state index in [9.17, 15) is 18.4 Å². The topological polar surface area (TPSA) is 79.3 Å². The van der Waals surface area contributed by atoms with Crippen molar-refractivity contribution >= 4 is 11.8 Å². The van der Waals surface area contributed by atoms with Gasteiger partial charge in [-0.15, -0.1) is 0 Å². The summed E-state index contributed by atoms with van der Waals surface area (Å²) in [7, 11) is 0. The Morgan fingerprint density at radius 3 is 2.65 bits per heavy atom. The number of hydrogen-bond acceptors (Lipinski definition) is 4. The highest BCUT2D eigenvalue weighted by Gasteiger charge is 2.36. The Bertz CT molecular complexity index is 1210. The second kappa shape index (κ2) is 9.72. The quantitative estimate of drug-likeness (QED) is 0.584. The van der Waals surface area contributed by atoms with Crippen LogP contribution in [0.4, 0.5) is 8.78 Å². The van der Waals surface area contributed by atoms with E-state index in [0.717, 1.165) is 29.1 Å². The zero-order valence-electron chi connectivity index (χ0n) is 19.3. The minimum absolute atomic E-state index is 0.0549. The summed E-state index contributed by atoms with van der Waals surface area (Å²) in [6, 6.07) is 11.5. The predicted molar refractivity (Wildman–Crippen MR) is 123 cm³/mol. The summed E-state index contributed by atoms with van der Waals surface area (Å²) in [4.78, 5) is 27.6. The molecule has 2 atom stereocenters. The Morgan fingerprint density at radius 1 is 1.21 bits per heavy atom. The molecule has 2 amide bonds. The molecule has 4 rings (SSSR count). The number of aromatic nitrogens is 2. The minimum atomic E-state index is -0.720. The maximum absolute atomic E-state index is 14.1. The van der Waals surface area contributed by atoms with Crippen LogP contribution in [0.1, 0.15) is 41.5 Å². The zero-order valence-corrected chi connectivity index (χ0v) is 19.3. The fourth-order valence-electron chi connectivity index (χ4n) is 4.47. The van der Waals surface area contributed by atoms with Crippen molar-refractivity contribution in [1.29, 1.82) is 0 Å². The highest BCUT2D eigenvalue weighted by molar-refractivity contribution is 5.86. The molecule has 3 aromatic rings. The van der Waals surface area contributed by atoms with E-state index >= 15 is 0 Å². The molecule has 0 bridgehead atoms. The van der Waals surface area contributed by atoms with Crippen molar-refractivity contribution in [3.05, 3.63) is 82.7 Å². The van der Waals surface area contributed by atoms with E-state index in [-0.39, 0.29) is 23.9 Å². The number of aryl methyl sites for hydroxylation is 1. The number of hydrogen-bond donors (Lipinski definition) is 2. The predicted octanol–water partition coefficient (Wildman–Crippen LogP) is 3.12. The van der Waals surface area contributed by atoms with Gasteiger partial charge in [0.15, 0.2) is 0 Å². The van der Waals surface area contributed by atoms with Gasteiger partial charge >= 0.3 is 0 Å². The molecule has 2 heterocycles. The SMILES string of the molecule is Cc1nn(-c2ccccc2)c(C)c1C1C(=O)NCCN1CC(=O)NC(C)c1ccc(F)cc1F. The van der Waals surface area contributed by atoms with Crippen molar-refractivity contribution in [2.75, 3.05) is 19.6 Å². The summed E-state index contributed by atoms with van der Waals surface area (Å²) in [5.41, 5.74) is 3.35. The molecule has 1 aliphatic rings. The summed E-state index contributed by atoms with van der Waals surface area (Å²) < 4.78 is 29.1. The highest BCUT2D eigenvalue weighted by Crippen LogP contribution is 2.30. The smallest absolute Gasteiger partial charge is 0.242 e. The van der Waals surface area contributed by atoms with E-state index in [1.807, 2.05) is 44.2 Å². The standard InChI is InChI=1S/C25H27F2N5O2/c1-15(20-10-9-18(26)13-21(20)27)29-22(33)14-31-12-11-28-25(34)24(31)23-16(2)30-32(17(23)3)19-7-5-4-6-8-19/h4-10,13,15,24H,11-12,14H2,1-3H3,(H,28,34)(H,29,33). The van der Waals surface area contributed by atoms with Gasteiger partial charge in [-0.3, -0.25) is 14.5 Å². The molecule has 0 spiro atoms.